The van der Waals surface area contributed by atoms with E-state index < -0.39 is 15.7 Å². The van der Waals surface area contributed by atoms with Crippen molar-refractivity contribution < 1.29 is 22.5 Å². The normalized spacial score (nSPS) is 11.4. The molecule has 1 N–H and O–H groups in total. The van der Waals surface area contributed by atoms with E-state index in [0.717, 1.165) is 11.3 Å². The highest BCUT2D eigenvalue weighted by atomic mass is 32.2. The molecule has 0 spiro atoms. The van der Waals surface area contributed by atoms with Crippen LogP contribution in [0.4, 0.5) is 0 Å². The lowest BCUT2D eigenvalue weighted by molar-refractivity contribution is 0.0907. The first kappa shape index (κ1) is 21.5. The van der Waals surface area contributed by atoms with Gasteiger partial charge in [-0.05, 0) is 43.7 Å². The van der Waals surface area contributed by atoms with E-state index in [4.69, 9.17) is 9.26 Å². The average Bonchev–Trinajstić information content (AvgIpc) is 3.21. The fraction of sp³-hybridized carbons (Fsp3) is 0.286. The molecule has 0 fully saturated rings. The Hall–Kier alpha value is -3.20. The lowest BCUT2D eigenvalue weighted by atomic mass is 10.2. The molecule has 3 aromatic rings. The molecule has 1 heterocycles. The van der Waals surface area contributed by atoms with E-state index in [9.17, 15) is 13.2 Å². The fourth-order valence-corrected chi connectivity index (χ4v) is 3.89. The predicted octanol–water partition coefficient (Wildman–Crippen LogP) is 2.80. The van der Waals surface area contributed by atoms with Gasteiger partial charge < -0.3 is 14.6 Å². The van der Waals surface area contributed by atoms with E-state index in [0.29, 0.717) is 0 Å². The number of hydrogen-bond acceptors (Lipinski definition) is 7. The van der Waals surface area contributed by atoms with Gasteiger partial charge in [0.25, 0.3) is 0 Å². The Morgan fingerprint density at radius 2 is 1.80 bits per heavy atom. The second kappa shape index (κ2) is 9.53. The number of amides is 1. The number of aryl methyl sites for hydroxylation is 1. The summed E-state index contributed by atoms with van der Waals surface area (Å²) in [4.78, 5) is 16.4. The van der Waals surface area contributed by atoms with E-state index >= 15 is 0 Å². The number of nitrogens with one attached hydrogen (secondary N) is 1. The van der Waals surface area contributed by atoms with Gasteiger partial charge in [-0.25, -0.2) is 8.42 Å². The number of sulfone groups is 1. The van der Waals surface area contributed by atoms with Gasteiger partial charge >= 0.3 is 11.8 Å². The summed E-state index contributed by atoms with van der Waals surface area (Å²) in [6, 6.07) is 15.5. The highest BCUT2D eigenvalue weighted by Crippen LogP contribution is 2.14. The number of carbonyl (C=O) groups excluding carboxylic acids is 1. The summed E-state index contributed by atoms with van der Waals surface area (Å²) in [7, 11) is -3.46. The van der Waals surface area contributed by atoms with Crippen molar-refractivity contribution in [3.63, 3.8) is 0 Å². The summed E-state index contributed by atoms with van der Waals surface area (Å²) in [6.07, 6.45) is 0.135. The quantitative estimate of drug-likeness (QED) is 0.557. The van der Waals surface area contributed by atoms with Crippen LogP contribution in [0, 0.1) is 0 Å². The van der Waals surface area contributed by atoms with Gasteiger partial charge in [0, 0.05) is 13.0 Å². The van der Waals surface area contributed by atoms with Crippen molar-refractivity contribution >= 4 is 15.7 Å². The molecule has 0 atom stereocenters. The van der Waals surface area contributed by atoms with Crippen LogP contribution < -0.4 is 10.1 Å². The van der Waals surface area contributed by atoms with Crippen LogP contribution in [0.2, 0.25) is 0 Å². The minimum absolute atomic E-state index is 0.0469. The number of rotatable bonds is 9. The van der Waals surface area contributed by atoms with Gasteiger partial charge in [-0.15, -0.1) is 0 Å². The van der Waals surface area contributed by atoms with Crippen molar-refractivity contribution in [2.45, 2.75) is 37.8 Å². The van der Waals surface area contributed by atoms with Crippen LogP contribution in [0.1, 0.15) is 35.9 Å². The maximum absolute atomic E-state index is 12.3. The number of aromatic nitrogens is 2. The zero-order valence-electron chi connectivity index (χ0n) is 16.7. The molecule has 8 nitrogen and oxygen atoms in total. The maximum atomic E-state index is 12.3. The summed E-state index contributed by atoms with van der Waals surface area (Å²) in [6.45, 7) is 4.18. The number of carbonyl (C=O) groups is 1. The first-order chi connectivity index (χ1) is 14.3. The van der Waals surface area contributed by atoms with Gasteiger partial charge in [0.15, 0.2) is 15.7 Å². The third-order valence-electron chi connectivity index (χ3n) is 4.11. The Labute approximate surface area is 175 Å². The zero-order valence-corrected chi connectivity index (χ0v) is 17.6. The molecular formula is C21H23N3O5S. The molecule has 0 bridgehead atoms. The molecule has 9 heteroatoms. The third-order valence-corrected chi connectivity index (χ3v) is 5.84. The Morgan fingerprint density at radius 1 is 1.10 bits per heavy atom. The van der Waals surface area contributed by atoms with Crippen molar-refractivity contribution in [3.8, 4) is 5.75 Å². The minimum atomic E-state index is -3.46. The van der Waals surface area contributed by atoms with Crippen molar-refractivity contribution in [2.75, 3.05) is 5.75 Å². The third kappa shape index (κ3) is 5.90. The van der Waals surface area contributed by atoms with Crippen molar-refractivity contribution in [2.24, 2.45) is 0 Å². The maximum Gasteiger partial charge on any atom is 0.315 e. The topological polar surface area (TPSA) is 111 Å². The Bertz CT molecular complexity index is 1080. The number of hydrogen-bond donors (Lipinski definition) is 1. The molecule has 2 aromatic carbocycles. The van der Waals surface area contributed by atoms with Gasteiger partial charge in [0.05, 0.1) is 16.8 Å². The molecule has 30 heavy (non-hydrogen) atoms. The number of nitrogens with zero attached hydrogens (tertiary/aromatic N) is 2. The largest absolute Gasteiger partial charge is 0.491 e. The molecule has 1 aromatic heterocycles. The lowest BCUT2D eigenvalue weighted by Crippen LogP contribution is -2.23. The van der Waals surface area contributed by atoms with Crippen LogP contribution in [0.5, 0.6) is 5.75 Å². The molecule has 0 saturated heterocycles. The fourth-order valence-electron chi connectivity index (χ4n) is 2.64. The highest BCUT2D eigenvalue weighted by Gasteiger charge is 2.18. The van der Waals surface area contributed by atoms with E-state index in [1.165, 1.54) is 12.1 Å². The molecule has 0 aliphatic rings. The zero-order chi connectivity index (χ0) is 21.6. The van der Waals surface area contributed by atoms with Crippen LogP contribution in [0.25, 0.3) is 0 Å². The molecule has 0 aliphatic heterocycles. The van der Waals surface area contributed by atoms with Crippen molar-refractivity contribution in [1.82, 2.24) is 15.5 Å². The van der Waals surface area contributed by atoms with Crippen LogP contribution >= 0.6 is 0 Å². The minimum Gasteiger partial charge on any atom is -0.491 e. The number of ether oxygens (including phenoxy) is 1. The van der Waals surface area contributed by atoms with E-state index in [1.807, 2.05) is 38.1 Å². The summed E-state index contributed by atoms with van der Waals surface area (Å²) >= 11 is 0. The second-order valence-corrected chi connectivity index (χ2v) is 9.00. The Morgan fingerprint density at radius 3 is 2.47 bits per heavy atom. The first-order valence-electron chi connectivity index (χ1n) is 9.48. The second-order valence-electron chi connectivity index (χ2n) is 6.89. The summed E-state index contributed by atoms with van der Waals surface area (Å²) in [5.41, 5.74) is 0.883. The summed E-state index contributed by atoms with van der Waals surface area (Å²) in [5.74, 6) is 0.00790. The van der Waals surface area contributed by atoms with Gasteiger partial charge in [0.1, 0.15) is 5.75 Å². The van der Waals surface area contributed by atoms with Crippen LogP contribution in [-0.2, 0) is 22.8 Å². The van der Waals surface area contributed by atoms with Gasteiger partial charge in [-0.3, -0.25) is 4.79 Å². The van der Waals surface area contributed by atoms with Gasteiger partial charge in [-0.1, -0.05) is 35.5 Å². The Balaban J connectivity index is 1.52. The van der Waals surface area contributed by atoms with Crippen LogP contribution in [-0.4, -0.2) is 36.3 Å². The molecule has 3 rings (SSSR count). The van der Waals surface area contributed by atoms with Crippen LogP contribution in [0.3, 0.4) is 0 Å². The first-order valence-corrected chi connectivity index (χ1v) is 11.1. The molecule has 0 aliphatic carbocycles. The predicted molar refractivity (Wildman–Crippen MR) is 110 cm³/mol. The van der Waals surface area contributed by atoms with Crippen molar-refractivity contribution in [1.29, 1.82) is 0 Å². The molecule has 0 saturated carbocycles. The SMILES string of the molecule is CC(C)Oc1ccc(CNC(=O)c2nc(CCS(=O)(=O)c3ccccc3)no2)cc1. The van der Waals surface area contributed by atoms with Gasteiger partial charge in [-0.2, -0.15) is 4.98 Å². The molecule has 158 valence electrons. The molecular weight excluding hydrogens is 406 g/mol. The van der Waals surface area contributed by atoms with E-state index in [1.54, 1.807) is 18.2 Å². The monoisotopic (exact) mass is 429 g/mol. The van der Waals surface area contributed by atoms with Crippen LogP contribution in [0.15, 0.2) is 64.0 Å². The smallest absolute Gasteiger partial charge is 0.315 e. The lowest BCUT2D eigenvalue weighted by Gasteiger charge is -2.10. The molecule has 1 amide bonds. The summed E-state index contributed by atoms with van der Waals surface area (Å²) < 4.78 is 35.2. The summed E-state index contributed by atoms with van der Waals surface area (Å²) in [5, 5.41) is 6.39. The van der Waals surface area contributed by atoms with E-state index in [-0.39, 0.29) is 41.4 Å². The average molecular weight is 429 g/mol. The Kier molecular flexibility index (Phi) is 6.83. The molecule has 0 unspecified atom stereocenters. The standard InChI is InChI=1S/C21H23N3O5S/c1-15(2)28-17-10-8-16(9-11-17)14-22-20(25)21-23-19(24-29-21)12-13-30(26,27)18-6-4-3-5-7-18/h3-11,15H,12-14H2,1-2H3,(H,22,25). The number of benzene rings is 2. The van der Waals surface area contributed by atoms with Crippen molar-refractivity contribution in [3.05, 3.63) is 71.9 Å². The van der Waals surface area contributed by atoms with Gasteiger partial charge in [0.2, 0.25) is 0 Å². The van der Waals surface area contributed by atoms with E-state index in [2.05, 4.69) is 15.5 Å². The molecule has 0 radical (unpaired) electrons. The highest BCUT2D eigenvalue weighted by molar-refractivity contribution is 7.91.